The van der Waals surface area contributed by atoms with Gasteiger partial charge in [-0.3, -0.25) is 4.90 Å². The summed E-state index contributed by atoms with van der Waals surface area (Å²) in [5, 5.41) is 3.40. The fraction of sp³-hybridized carbons (Fsp3) is 0.733. The molecule has 4 heteroatoms. The van der Waals surface area contributed by atoms with Gasteiger partial charge in [0.05, 0.1) is 18.9 Å². The molecule has 0 aromatic carbocycles. The predicted molar refractivity (Wildman–Crippen MR) is 76.0 cm³/mol. The standard InChI is InChI=1S/C15H26N2O2/c1-12(2)16-9-13-8-15(19-11-13)10-17-6-4-14(18-3)5-7-17/h8,11-12,14,16H,4-7,9-10H2,1-3H3. The van der Waals surface area contributed by atoms with Gasteiger partial charge in [0.25, 0.3) is 0 Å². The van der Waals surface area contributed by atoms with Crippen LogP contribution in [0.2, 0.25) is 0 Å². The molecule has 0 spiro atoms. The van der Waals surface area contributed by atoms with Gasteiger partial charge < -0.3 is 14.5 Å². The molecule has 0 unspecified atom stereocenters. The second kappa shape index (κ2) is 7.08. The van der Waals surface area contributed by atoms with Gasteiger partial charge in [-0.05, 0) is 18.9 Å². The van der Waals surface area contributed by atoms with E-state index in [9.17, 15) is 0 Å². The Morgan fingerprint density at radius 3 is 2.79 bits per heavy atom. The average molecular weight is 266 g/mol. The quantitative estimate of drug-likeness (QED) is 0.858. The molecule has 0 bridgehead atoms. The number of rotatable bonds is 6. The molecule has 1 saturated heterocycles. The zero-order chi connectivity index (χ0) is 13.7. The molecule has 4 nitrogen and oxygen atoms in total. The Morgan fingerprint density at radius 2 is 2.16 bits per heavy atom. The van der Waals surface area contributed by atoms with Crippen LogP contribution in [0.5, 0.6) is 0 Å². The lowest BCUT2D eigenvalue weighted by Gasteiger charge is -2.30. The number of hydrogen-bond donors (Lipinski definition) is 1. The summed E-state index contributed by atoms with van der Waals surface area (Å²) in [5.41, 5.74) is 1.23. The van der Waals surface area contributed by atoms with Crippen molar-refractivity contribution < 1.29 is 9.15 Å². The van der Waals surface area contributed by atoms with Crippen LogP contribution in [-0.4, -0.2) is 37.2 Å². The van der Waals surface area contributed by atoms with Crippen LogP contribution in [-0.2, 0) is 17.8 Å². The topological polar surface area (TPSA) is 37.6 Å². The lowest BCUT2D eigenvalue weighted by atomic mass is 10.1. The van der Waals surface area contributed by atoms with Crippen LogP contribution < -0.4 is 5.32 Å². The van der Waals surface area contributed by atoms with Crippen LogP contribution >= 0.6 is 0 Å². The van der Waals surface area contributed by atoms with Crippen molar-refractivity contribution in [2.24, 2.45) is 0 Å². The van der Waals surface area contributed by atoms with E-state index in [1.54, 1.807) is 7.11 Å². The average Bonchev–Trinajstić information content (AvgIpc) is 2.85. The van der Waals surface area contributed by atoms with E-state index in [-0.39, 0.29) is 0 Å². The normalized spacial score (nSPS) is 18.3. The highest BCUT2D eigenvalue weighted by Gasteiger charge is 2.19. The summed E-state index contributed by atoms with van der Waals surface area (Å²) >= 11 is 0. The van der Waals surface area contributed by atoms with E-state index in [1.165, 1.54) is 5.56 Å². The van der Waals surface area contributed by atoms with Gasteiger partial charge in [-0.15, -0.1) is 0 Å². The first kappa shape index (κ1) is 14.6. The Labute approximate surface area is 116 Å². The van der Waals surface area contributed by atoms with Gasteiger partial charge in [-0.2, -0.15) is 0 Å². The number of hydrogen-bond acceptors (Lipinski definition) is 4. The molecule has 19 heavy (non-hydrogen) atoms. The molecule has 1 aliphatic heterocycles. The second-order valence-electron chi connectivity index (χ2n) is 5.67. The van der Waals surface area contributed by atoms with Crippen molar-refractivity contribution in [3.63, 3.8) is 0 Å². The SMILES string of the molecule is COC1CCN(Cc2cc(CNC(C)C)co2)CC1. The molecule has 1 aromatic rings. The molecule has 0 saturated carbocycles. The third-order valence-corrected chi connectivity index (χ3v) is 3.67. The molecule has 0 radical (unpaired) electrons. The van der Waals surface area contributed by atoms with Crippen LogP contribution in [0.4, 0.5) is 0 Å². The minimum atomic E-state index is 0.443. The fourth-order valence-electron chi connectivity index (χ4n) is 2.45. The molecule has 0 amide bonds. The highest BCUT2D eigenvalue weighted by Crippen LogP contribution is 2.17. The summed E-state index contributed by atoms with van der Waals surface area (Å²) in [4.78, 5) is 2.44. The van der Waals surface area contributed by atoms with Gasteiger partial charge in [0.2, 0.25) is 0 Å². The zero-order valence-electron chi connectivity index (χ0n) is 12.3. The maximum Gasteiger partial charge on any atom is 0.118 e. The maximum atomic E-state index is 5.64. The third-order valence-electron chi connectivity index (χ3n) is 3.67. The van der Waals surface area contributed by atoms with Crippen LogP contribution in [0.3, 0.4) is 0 Å². The van der Waals surface area contributed by atoms with Crippen molar-refractivity contribution in [3.05, 3.63) is 23.7 Å². The lowest BCUT2D eigenvalue weighted by molar-refractivity contribution is 0.0370. The smallest absolute Gasteiger partial charge is 0.118 e. The van der Waals surface area contributed by atoms with Crippen molar-refractivity contribution >= 4 is 0 Å². The van der Waals surface area contributed by atoms with Gasteiger partial charge in [0.15, 0.2) is 0 Å². The number of likely N-dealkylation sites (tertiary alicyclic amines) is 1. The van der Waals surface area contributed by atoms with Crippen molar-refractivity contribution in [1.29, 1.82) is 0 Å². The molecular formula is C15H26N2O2. The molecular weight excluding hydrogens is 240 g/mol. The van der Waals surface area contributed by atoms with Gasteiger partial charge in [-0.25, -0.2) is 0 Å². The monoisotopic (exact) mass is 266 g/mol. The molecule has 0 atom stereocenters. The first-order valence-corrected chi connectivity index (χ1v) is 7.22. The van der Waals surface area contributed by atoms with Crippen molar-refractivity contribution in [1.82, 2.24) is 10.2 Å². The minimum absolute atomic E-state index is 0.443. The van der Waals surface area contributed by atoms with Crippen molar-refractivity contribution in [2.45, 2.75) is 51.9 Å². The Balaban J connectivity index is 1.77. The summed E-state index contributed by atoms with van der Waals surface area (Å²) in [6.07, 6.45) is 4.56. The van der Waals surface area contributed by atoms with Crippen LogP contribution in [0.1, 0.15) is 38.0 Å². The van der Waals surface area contributed by atoms with E-state index in [0.717, 1.165) is 44.8 Å². The molecule has 2 heterocycles. The third kappa shape index (κ3) is 4.64. The summed E-state index contributed by atoms with van der Waals surface area (Å²) in [6.45, 7) is 8.30. The highest BCUT2D eigenvalue weighted by atomic mass is 16.5. The number of ether oxygens (including phenoxy) is 1. The zero-order valence-corrected chi connectivity index (χ0v) is 12.3. The first-order valence-electron chi connectivity index (χ1n) is 7.22. The Kier molecular flexibility index (Phi) is 5.43. The Morgan fingerprint density at radius 1 is 1.42 bits per heavy atom. The molecule has 108 valence electrons. The van der Waals surface area contributed by atoms with Crippen LogP contribution in [0.15, 0.2) is 16.7 Å². The Bertz CT molecular complexity index is 368. The Hall–Kier alpha value is -0.840. The maximum absolute atomic E-state index is 5.64. The summed E-state index contributed by atoms with van der Waals surface area (Å²) in [7, 11) is 1.81. The van der Waals surface area contributed by atoms with E-state index >= 15 is 0 Å². The minimum Gasteiger partial charge on any atom is -0.468 e. The molecule has 1 aromatic heterocycles. The van der Waals surface area contributed by atoms with Crippen molar-refractivity contribution in [3.8, 4) is 0 Å². The predicted octanol–water partition coefficient (Wildman–Crippen LogP) is 2.39. The van der Waals surface area contributed by atoms with E-state index in [0.29, 0.717) is 12.1 Å². The molecule has 2 rings (SSSR count). The largest absolute Gasteiger partial charge is 0.468 e. The van der Waals surface area contributed by atoms with Crippen LogP contribution in [0.25, 0.3) is 0 Å². The molecule has 1 fully saturated rings. The van der Waals surface area contributed by atoms with E-state index in [4.69, 9.17) is 9.15 Å². The van der Waals surface area contributed by atoms with E-state index < -0.39 is 0 Å². The molecule has 0 aliphatic carbocycles. The van der Waals surface area contributed by atoms with E-state index in [1.807, 2.05) is 6.26 Å². The summed E-state index contributed by atoms with van der Waals surface area (Å²) in [6, 6.07) is 2.67. The van der Waals surface area contributed by atoms with Gasteiger partial charge in [0, 0.05) is 38.3 Å². The number of nitrogens with one attached hydrogen (secondary N) is 1. The second-order valence-corrected chi connectivity index (χ2v) is 5.67. The van der Waals surface area contributed by atoms with Gasteiger partial charge in [-0.1, -0.05) is 13.8 Å². The number of piperidine rings is 1. The van der Waals surface area contributed by atoms with Gasteiger partial charge >= 0.3 is 0 Å². The number of methoxy groups -OCH3 is 1. The fourth-order valence-corrected chi connectivity index (χ4v) is 2.45. The number of nitrogens with zero attached hydrogens (tertiary/aromatic N) is 1. The highest BCUT2D eigenvalue weighted by molar-refractivity contribution is 5.12. The van der Waals surface area contributed by atoms with Crippen molar-refractivity contribution in [2.75, 3.05) is 20.2 Å². The summed E-state index contributed by atoms with van der Waals surface area (Å²) in [5.74, 6) is 1.07. The lowest BCUT2D eigenvalue weighted by Crippen LogP contribution is -2.36. The molecule has 1 aliphatic rings. The molecule has 1 N–H and O–H groups in total. The van der Waals surface area contributed by atoms with E-state index in [2.05, 4.69) is 30.1 Å². The van der Waals surface area contributed by atoms with Crippen LogP contribution in [0, 0.1) is 0 Å². The number of furan rings is 1. The summed E-state index contributed by atoms with van der Waals surface area (Å²) < 4.78 is 11.0. The van der Waals surface area contributed by atoms with Gasteiger partial charge in [0.1, 0.15) is 5.76 Å². The first-order chi connectivity index (χ1) is 9.17.